The predicted molar refractivity (Wildman–Crippen MR) is 61.2 cm³/mol. The topological polar surface area (TPSA) is 41.0 Å². The maximum atomic E-state index is 4.20. The first kappa shape index (κ1) is 9.54. The average Bonchev–Trinajstić information content (AvgIpc) is 2.93. The molecule has 2 fully saturated rings. The van der Waals surface area contributed by atoms with E-state index >= 15 is 0 Å². The summed E-state index contributed by atoms with van der Waals surface area (Å²) in [5.74, 6) is 1.64. The Morgan fingerprint density at radius 2 is 2.53 bits per heavy atom. The van der Waals surface area contributed by atoms with Crippen molar-refractivity contribution in [2.75, 3.05) is 24.5 Å². The van der Waals surface area contributed by atoms with Crippen LogP contribution in [0, 0.1) is 11.8 Å². The molecule has 1 aromatic rings. The van der Waals surface area contributed by atoms with Crippen molar-refractivity contribution in [2.24, 2.45) is 11.8 Å². The molecule has 3 heterocycles. The SMILES string of the molecule is CCC1C2CNCC2CN1c1nncs1. The van der Waals surface area contributed by atoms with Gasteiger partial charge in [0.25, 0.3) is 0 Å². The summed E-state index contributed by atoms with van der Waals surface area (Å²) >= 11 is 1.66. The molecule has 0 radical (unpaired) electrons. The highest BCUT2D eigenvalue weighted by atomic mass is 32.1. The zero-order valence-corrected chi connectivity index (χ0v) is 9.70. The van der Waals surface area contributed by atoms with E-state index in [1.165, 1.54) is 19.5 Å². The van der Waals surface area contributed by atoms with E-state index in [1.807, 2.05) is 5.51 Å². The molecule has 5 heteroatoms. The Kier molecular flexibility index (Phi) is 2.36. The van der Waals surface area contributed by atoms with Crippen molar-refractivity contribution >= 4 is 16.5 Å². The lowest BCUT2D eigenvalue weighted by Crippen LogP contribution is -2.35. The first-order valence-corrected chi connectivity index (χ1v) is 6.51. The van der Waals surface area contributed by atoms with Gasteiger partial charge < -0.3 is 10.2 Å². The first-order valence-electron chi connectivity index (χ1n) is 5.63. The Morgan fingerprint density at radius 1 is 1.60 bits per heavy atom. The minimum atomic E-state index is 0.665. The van der Waals surface area contributed by atoms with Crippen LogP contribution in [0.25, 0.3) is 0 Å². The van der Waals surface area contributed by atoms with Crippen LogP contribution in [-0.4, -0.2) is 35.9 Å². The summed E-state index contributed by atoms with van der Waals surface area (Å²) in [7, 11) is 0. The van der Waals surface area contributed by atoms with Gasteiger partial charge in [0.15, 0.2) is 0 Å². The first-order chi connectivity index (χ1) is 7.40. The molecule has 3 atom stereocenters. The van der Waals surface area contributed by atoms with Crippen molar-refractivity contribution in [2.45, 2.75) is 19.4 Å². The molecule has 0 aliphatic carbocycles. The second-order valence-corrected chi connectivity index (χ2v) is 5.24. The summed E-state index contributed by atoms with van der Waals surface area (Å²) in [6.07, 6.45) is 1.21. The smallest absolute Gasteiger partial charge is 0.208 e. The highest BCUT2D eigenvalue weighted by Gasteiger charge is 2.43. The Balaban J connectivity index is 1.85. The number of nitrogens with one attached hydrogen (secondary N) is 1. The van der Waals surface area contributed by atoms with Gasteiger partial charge >= 0.3 is 0 Å². The van der Waals surface area contributed by atoms with Gasteiger partial charge in [-0.1, -0.05) is 18.3 Å². The Labute approximate surface area is 93.7 Å². The minimum Gasteiger partial charge on any atom is -0.343 e. The lowest BCUT2D eigenvalue weighted by molar-refractivity contribution is 0.442. The summed E-state index contributed by atoms with van der Waals surface area (Å²) in [6.45, 7) is 5.79. The maximum Gasteiger partial charge on any atom is 0.208 e. The molecule has 0 bridgehead atoms. The summed E-state index contributed by atoms with van der Waals surface area (Å²) in [5, 5.41) is 12.7. The third-order valence-electron chi connectivity index (χ3n) is 3.73. The van der Waals surface area contributed by atoms with Crippen molar-refractivity contribution in [3.63, 3.8) is 0 Å². The molecule has 2 aliphatic rings. The highest BCUT2D eigenvalue weighted by molar-refractivity contribution is 7.13. The fourth-order valence-electron chi connectivity index (χ4n) is 3.06. The van der Waals surface area contributed by atoms with Crippen molar-refractivity contribution in [1.29, 1.82) is 0 Å². The fraction of sp³-hybridized carbons (Fsp3) is 0.800. The van der Waals surface area contributed by atoms with Crippen molar-refractivity contribution in [1.82, 2.24) is 15.5 Å². The molecule has 2 saturated heterocycles. The Morgan fingerprint density at radius 3 is 3.27 bits per heavy atom. The number of nitrogens with zero attached hydrogens (tertiary/aromatic N) is 3. The van der Waals surface area contributed by atoms with E-state index in [0.717, 1.165) is 23.5 Å². The molecule has 3 rings (SSSR count). The van der Waals surface area contributed by atoms with Crippen LogP contribution in [-0.2, 0) is 0 Å². The lowest BCUT2D eigenvalue weighted by Gasteiger charge is -2.25. The number of rotatable bonds is 2. The van der Waals surface area contributed by atoms with Gasteiger partial charge in [-0.25, -0.2) is 0 Å². The van der Waals surface area contributed by atoms with E-state index in [9.17, 15) is 0 Å². The van der Waals surface area contributed by atoms with Gasteiger partial charge in [0.2, 0.25) is 5.13 Å². The van der Waals surface area contributed by atoms with Crippen LogP contribution in [0.3, 0.4) is 0 Å². The predicted octanol–water partition coefficient (Wildman–Crippen LogP) is 0.972. The molecule has 0 saturated carbocycles. The number of fused-ring (bicyclic) bond motifs is 1. The van der Waals surface area contributed by atoms with Gasteiger partial charge in [0.05, 0.1) is 0 Å². The van der Waals surface area contributed by atoms with Crippen molar-refractivity contribution < 1.29 is 0 Å². The monoisotopic (exact) mass is 224 g/mol. The van der Waals surface area contributed by atoms with Crippen LogP contribution in [0.1, 0.15) is 13.3 Å². The normalized spacial score (nSPS) is 34.7. The fourth-order valence-corrected chi connectivity index (χ4v) is 3.69. The molecule has 1 aromatic heterocycles. The Bertz CT molecular complexity index is 326. The van der Waals surface area contributed by atoms with Crippen LogP contribution >= 0.6 is 11.3 Å². The number of hydrogen-bond donors (Lipinski definition) is 1. The number of aromatic nitrogens is 2. The standard InChI is InChI=1S/C10H16N4S/c1-2-9-8-4-11-3-7(8)5-14(9)10-13-12-6-15-10/h6-9,11H,2-5H2,1H3. The number of hydrogen-bond acceptors (Lipinski definition) is 5. The van der Waals surface area contributed by atoms with E-state index in [0.29, 0.717) is 6.04 Å². The molecule has 2 aliphatic heterocycles. The summed E-state index contributed by atoms with van der Waals surface area (Å²) in [6, 6.07) is 0.665. The maximum absolute atomic E-state index is 4.20. The van der Waals surface area contributed by atoms with Crippen LogP contribution in [0.2, 0.25) is 0 Å². The third-order valence-corrected chi connectivity index (χ3v) is 4.46. The van der Waals surface area contributed by atoms with Crippen LogP contribution in [0.15, 0.2) is 5.51 Å². The molecule has 3 unspecified atom stereocenters. The highest BCUT2D eigenvalue weighted by Crippen LogP contribution is 2.37. The molecule has 0 amide bonds. The van der Waals surface area contributed by atoms with Crippen LogP contribution in [0.4, 0.5) is 5.13 Å². The third kappa shape index (κ3) is 1.45. The summed E-state index contributed by atoms with van der Waals surface area (Å²) in [4.78, 5) is 2.47. The summed E-state index contributed by atoms with van der Waals surface area (Å²) < 4.78 is 0. The molecular formula is C10H16N4S. The quantitative estimate of drug-likeness (QED) is 0.813. The molecular weight excluding hydrogens is 208 g/mol. The molecule has 4 nitrogen and oxygen atoms in total. The number of anilines is 1. The zero-order chi connectivity index (χ0) is 10.3. The van der Waals surface area contributed by atoms with Gasteiger partial charge in [-0.3, -0.25) is 0 Å². The minimum absolute atomic E-state index is 0.665. The largest absolute Gasteiger partial charge is 0.343 e. The van der Waals surface area contributed by atoms with Gasteiger partial charge in [0, 0.05) is 25.7 Å². The lowest BCUT2D eigenvalue weighted by atomic mass is 9.93. The van der Waals surface area contributed by atoms with E-state index in [4.69, 9.17) is 0 Å². The van der Waals surface area contributed by atoms with Crippen LogP contribution in [0.5, 0.6) is 0 Å². The van der Waals surface area contributed by atoms with E-state index in [-0.39, 0.29) is 0 Å². The summed E-state index contributed by atoms with van der Waals surface area (Å²) in [5.41, 5.74) is 1.83. The second-order valence-electron chi connectivity index (χ2n) is 4.43. The second kappa shape index (κ2) is 3.72. The molecule has 1 N–H and O–H groups in total. The van der Waals surface area contributed by atoms with Crippen LogP contribution < -0.4 is 10.2 Å². The van der Waals surface area contributed by atoms with Gasteiger partial charge in [-0.15, -0.1) is 10.2 Å². The average molecular weight is 224 g/mol. The van der Waals surface area contributed by atoms with E-state index in [1.54, 1.807) is 11.3 Å². The van der Waals surface area contributed by atoms with E-state index in [2.05, 4.69) is 27.3 Å². The Hall–Kier alpha value is -0.680. The molecule has 82 valence electrons. The molecule has 15 heavy (non-hydrogen) atoms. The van der Waals surface area contributed by atoms with Gasteiger partial charge in [-0.05, 0) is 18.3 Å². The zero-order valence-electron chi connectivity index (χ0n) is 8.89. The van der Waals surface area contributed by atoms with E-state index < -0.39 is 0 Å². The molecule has 0 spiro atoms. The van der Waals surface area contributed by atoms with Gasteiger partial charge in [0.1, 0.15) is 5.51 Å². The molecule has 0 aromatic carbocycles. The van der Waals surface area contributed by atoms with Crippen molar-refractivity contribution in [3.05, 3.63) is 5.51 Å². The van der Waals surface area contributed by atoms with Gasteiger partial charge in [-0.2, -0.15) is 0 Å². The van der Waals surface area contributed by atoms with Crippen molar-refractivity contribution in [3.8, 4) is 0 Å².